The molecule has 0 bridgehead atoms. The highest BCUT2D eigenvalue weighted by Crippen LogP contribution is 2.24. The molecule has 3 N–H and O–H groups in total. The van der Waals surface area contributed by atoms with Crippen molar-refractivity contribution in [2.45, 2.75) is 25.3 Å². The number of nitrogens with two attached hydrogens (primary N) is 1. The Morgan fingerprint density at radius 2 is 1.95 bits per heavy atom. The van der Waals surface area contributed by atoms with Crippen molar-refractivity contribution >= 4 is 41.6 Å². The average Bonchev–Trinajstić information content (AvgIpc) is 2.94. The van der Waals surface area contributed by atoms with Crippen LogP contribution in [0, 0.1) is 5.92 Å². The lowest BCUT2D eigenvalue weighted by molar-refractivity contribution is 0.0924. The molecular weight excluding hydrogens is 321 g/mol. The van der Waals surface area contributed by atoms with Gasteiger partial charge in [-0.15, -0.1) is 24.8 Å². The van der Waals surface area contributed by atoms with Gasteiger partial charge in [0.05, 0.1) is 5.52 Å². The third-order valence-electron chi connectivity index (χ3n) is 4.11. The number of amides is 1. The standard InChI is InChI=1S/C16H19N3O.2ClH/c17-10-12-5-3-7-14(12)19-16(20)15-9-8-11-4-1-2-6-13(11)18-15;;/h1-2,4,6,8-9,12,14H,3,5,7,10,17H2,(H,19,20);2*1H. The molecule has 3 rings (SSSR count). The molecule has 1 saturated carbocycles. The predicted octanol–water partition coefficient (Wildman–Crippen LogP) is 2.94. The Kier molecular flexibility index (Phi) is 7.07. The molecule has 1 aliphatic rings. The number of nitrogens with one attached hydrogen (secondary N) is 1. The van der Waals surface area contributed by atoms with Crippen LogP contribution in [-0.4, -0.2) is 23.5 Å². The van der Waals surface area contributed by atoms with Crippen molar-refractivity contribution in [3.05, 3.63) is 42.1 Å². The molecule has 0 spiro atoms. The van der Waals surface area contributed by atoms with Gasteiger partial charge >= 0.3 is 0 Å². The van der Waals surface area contributed by atoms with Crippen LogP contribution in [0.5, 0.6) is 0 Å². The number of aromatic nitrogens is 1. The fraction of sp³-hybridized carbons (Fsp3) is 0.375. The molecule has 22 heavy (non-hydrogen) atoms. The number of nitrogens with zero attached hydrogens (tertiary/aromatic N) is 1. The Hall–Kier alpha value is -1.36. The topological polar surface area (TPSA) is 68.0 Å². The molecule has 1 heterocycles. The number of fused-ring (bicyclic) bond motifs is 1. The monoisotopic (exact) mass is 341 g/mol. The zero-order chi connectivity index (χ0) is 13.9. The highest BCUT2D eigenvalue weighted by molar-refractivity contribution is 5.95. The van der Waals surface area contributed by atoms with E-state index in [1.807, 2.05) is 30.3 Å². The molecule has 4 nitrogen and oxygen atoms in total. The van der Waals surface area contributed by atoms with Crippen LogP contribution in [0.2, 0.25) is 0 Å². The molecular formula is C16H21Cl2N3O. The summed E-state index contributed by atoms with van der Waals surface area (Å²) in [4.78, 5) is 16.7. The quantitative estimate of drug-likeness (QED) is 0.901. The summed E-state index contributed by atoms with van der Waals surface area (Å²) in [6, 6.07) is 11.7. The van der Waals surface area contributed by atoms with Crippen LogP contribution >= 0.6 is 24.8 Å². The first-order chi connectivity index (χ1) is 9.78. The maximum atomic E-state index is 12.3. The smallest absolute Gasteiger partial charge is 0.270 e. The maximum Gasteiger partial charge on any atom is 0.270 e. The number of hydrogen-bond donors (Lipinski definition) is 2. The number of halogens is 2. The van der Waals surface area contributed by atoms with E-state index in [0.29, 0.717) is 18.2 Å². The summed E-state index contributed by atoms with van der Waals surface area (Å²) in [6.45, 7) is 0.635. The van der Waals surface area contributed by atoms with Gasteiger partial charge in [0.1, 0.15) is 5.69 Å². The van der Waals surface area contributed by atoms with Crippen LogP contribution in [0.3, 0.4) is 0 Å². The summed E-state index contributed by atoms with van der Waals surface area (Å²) < 4.78 is 0. The van der Waals surface area contributed by atoms with Crippen molar-refractivity contribution in [3.63, 3.8) is 0 Å². The molecule has 6 heteroatoms. The largest absolute Gasteiger partial charge is 0.348 e. The van der Waals surface area contributed by atoms with E-state index in [2.05, 4.69) is 10.3 Å². The Morgan fingerprint density at radius 1 is 1.18 bits per heavy atom. The van der Waals surface area contributed by atoms with Crippen molar-refractivity contribution in [1.29, 1.82) is 0 Å². The number of carbonyl (C=O) groups is 1. The molecule has 2 unspecified atom stereocenters. The summed E-state index contributed by atoms with van der Waals surface area (Å²) in [5, 5.41) is 4.13. The molecule has 0 aliphatic heterocycles. The minimum Gasteiger partial charge on any atom is -0.348 e. The van der Waals surface area contributed by atoms with E-state index >= 15 is 0 Å². The van der Waals surface area contributed by atoms with Gasteiger partial charge in [0, 0.05) is 11.4 Å². The molecule has 0 radical (unpaired) electrons. The van der Waals surface area contributed by atoms with Gasteiger partial charge in [0.15, 0.2) is 0 Å². The van der Waals surface area contributed by atoms with Crippen LogP contribution in [0.15, 0.2) is 36.4 Å². The summed E-state index contributed by atoms with van der Waals surface area (Å²) in [5.41, 5.74) is 7.07. The molecule has 1 aliphatic carbocycles. The van der Waals surface area contributed by atoms with Gasteiger partial charge in [-0.25, -0.2) is 4.98 Å². The van der Waals surface area contributed by atoms with Crippen LogP contribution in [0.4, 0.5) is 0 Å². The summed E-state index contributed by atoms with van der Waals surface area (Å²) in [5.74, 6) is 0.306. The number of para-hydroxylation sites is 1. The normalized spacial score (nSPS) is 20.0. The first-order valence-electron chi connectivity index (χ1n) is 7.14. The lowest BCUT2D eigenvalue weighted by Crippen LogP contribution is -2.40. The Morgan fingerprint density at radius 3 is 2.73 bits per heavy atom. The number of benzene rings is 1. The van der Waals surface area contributed by atoms with E-state index < -0.39 is 0 Å². The maximum absolute atomic E-state index is 12.3. The summed E-state index contributed by atoms with van der Waals surface area (Å²) in [6.07, 6.45) is 3.26. The number of hydrogen-bond acceptors (Lipinski definition) is 3. The van der Waals surface area contributed by atoms with Crippen molar-refractivity contribution in [3.8, 4) is 0 Å². The molecule has 1 amide bonds. The number of pyridine rings is 1. The minimum atomic E-state index is -0.0962. The van der Waals surface area contributed by atoms with E-state index in [1.165, 1.54) is 0 Å². The molecule has 1 aromatic heterocycles. The van der Waals surface area contributed by atoms with Crippen molar-refractivity contribution in [2.75, 3.05) is 6.54 Å². The molecule has 1 fully saturated rings. The third-order valence-corrected chi connectivity index (χ3v) is 4.11. The van der Waals surface area contributed by atoms with Crippen LogP contribution in [0.25, 0.3) is 10.9 Å². The van der Waals surface area contributed by atoms with Gasteiger partial charge in [-0.05, 0) is 37.4 Å². The fourth-order valence-electron chi connectivity index (χ4n) is 2.94. The van der Waals surface area contributed by atoms with Gasteiger partial charge in [-0.2, -0.15) is 0 Å². The molecule has 2 aromatic rings. The highest BCUT2D eigenvalue weighted by Gasteiger charge is 2.27. The van der Waals surface area contributed by atoms with Crippen molar-refractivity contribution in [1.82, 2.24) is 10.3 Å². The second-order valence-electron chi connectivity index (χ2n) is 5.40. The third kappa shape index (κ3) is 3.88. The summed E-state index contributed by atoms with van der Waals surface area (Å²) >= 11 is 0. The van der Waals surface area contributed by atoms with Gasteiger partial charge in [0.25, 0.3) is 5.91 Å². The minimum absolute atomic E-state index is 0. The van der Waals surface area contributed by atoms with E-state index in [0.717, 1.165) is 30.2 Å². The zero-order valence-electron chi connectivity index (χ0n) is 12.2. The van der Waals surface area contributed by atoms with E-state index in [4.69, 9.17) is 5.73 Å². The van der Waals surface area contributed by atoms with Crippen LogP contribution in [0.1, 0.15) is 29.8 Å². The van der Waals surface area contributed by atoms with Crippen molar-refractivity contribution < 1.29 is 4.79 Å². The van der Waals surface area contributed by atoms with Gasteiger partial charge < -0.3 is 11.1 Å². The lowest BCUT2D eigenvalue weighted by Gasteiger charge is -2.19. The van der Waals surface area contributed by atoms with Gasteiger partial charge in [-0.1, -0.05) is 30.7 Å². The second-order valence-corrected chi connectivity index (χ2v) is 5.40. The first kappa shape index (κ1) is 18.7. The van der Waals surface area contributed by atoms with E-state index in [1.54, 1.807) is 6.07 Å². The first-order valence-corrected chi connectivity index (χ1v) is 7.14. The second kappa shape index (κ2) is 8.32. The SMILES string of the molecule is Cl.Cl.NCC1CCCC1NC(=O)c1ccc2ccccc2n1. The Labute approximate surface area is 142 Å². The Bertz CT molecular complexity index is 636. The number of rotatable bonds is 3. The van der Waals surface area contributed by atoms with Crippen molar-refractivity contribution in [2.24, 2.45) is 11.7 Å². The van der Waals surface area contributed by atoms with Crippen LogP contribution < -0.4 is 11.1 Å². The molecule has 1 aromatic carbocycles. The zero-order valence-corrected chi connectivity index (χ0v) is 13.8. The van der Waals surface area contributed by atoms with Crippen LogP contribution in [-0.2, 0) is 0 Å². The molecule has 2 atom stereocenters. The van der Waals surface area contributed by atoms with Gasteiger partial charge in [-0.3, -0.25) is 4.79 Å². The van der Waals surface area contributed by atoms with E-state index in [9.17, 15) is 4.79 Å². The fourth-order valence-corrected chi connectivity index (χ4v) is 2.94. The predicted molar refractivity (Wildman–Crippen MR) is 93.9 cm³/mol. The molecule has 120 valence electrons. The summed E-state index contributed by atoms with van der Waals surface area (Å²) in [7, 11) is 0. The lowest BCUT2D eigenvalue weighted by atomic mass is 10.0. The average molecular weight is 342 g/mol. The number of carbonyl (C=O) groups excluding carboxylic acids is 1. The Balaban J connectivity index is 0.00000121. The molecule has 0 saturated heterocycles. The van der Waals surface area contributed by atoms with Gasteiger partial charge in [0.2, 0.25) is 0 Å². The van der Waals surface area contributed by atoms with E-state index in [-0.39, 0.29) is 36.8 Å². The highest BCUT2D eigenvalue weighted by atomic mass is 35.5.